The molecule has 0 aliphatic carbocycles. The van der Waals surface area contributed by atoms with Crippen LogP contribution in [0.2, 0.25) is 5.02 Å². The quantitative estimate of drug-likeness (QED) is 0.395. The molecule has 0 saturated heterocycles. The van der Waals surface area contributed by atoms with Crippen molar-refractivity contribution < 1.29 is 5.11 Å². The smallest absolute Gasteiger partial charge is 0.220 e. The van der Waals surface area contributed by atoms with Crippen LogP contribution in [0.5, 0.6) is 0 Å². The molecule has 0 radical (unpaired) electrons. The van der Waals surface area contributed by atoms with E-state index in [1.165, 1.54) is 11.3 Å². The van der Waals surface area contributed by atoms with Crippen LogP contribution in [0.3, 0.4) is 0 Å². The molecule has 2 heterocycles. The van der Waals surface area contributed by atoms with Crippen molar-refractivity contribution in [3.05, 3.63) is 63.6 Å². The van der Waals surface area contributed by atoms with Crippen LogP contribution in [0.1, 0.15) is 22.1 Å². The average Bonchev–Trinajstić information content (AvgIpc) is 3.07. The Kier molecular flexibility index (Phi) is 5.27. The first-order valence-corrected chi connectivity index (χ1v) is 8.67. The number of benzene rings is 1. The van der Waals surface area contributed by atoms with Gasteiger partial charge in [0.15, 0.2) is 0 Å². The van der Waals surface area contributed by atoms with Gasteiger partial charge in [0.05, 0.1) is 15.4 Å². The Morgan fingerprint density at radius 1 is 1.31 bits per heavy atom. The number of aromatic nitrogens is 2. The molecule has 0 spiro atoms. The highest BCUT2D eigenvalue weighted by atomic mass is 35.5. The largest absolute Gasteiger partial charge is 0.384 e. The Labute approximate surface area is 158 Å². The van der Waals surface area contributed by atoms with Crippen molar-refractivity contribution in [2.24, 2.45) is 10.7 Å². The van der Waals surface area contributed by atoms with Crippen molar-refractivity contribution in [1.29, 1.82) is 5.41 Å². The van der Waals surface area contributed by atoms with Gasteiger partial charge >= 0.3 is 0 Å². The predicted molar refractivity (Wildman–Crippen MR) is 105 cm³/mol. The second-order valence-corrected chi connectivity index (χ2v) is 6.78. The van der Waals surface area contributed by atoms with Crippen LogP contribution in [0, 0.1) is 5.41 Å². The molecule has 0 fully saturated rings. The average molecular weight is 387 g/mol. The number of aliphatic hydroxyl groups excluding tert-OH is 1. The van der Waals surface area contributed by atoms with Gasteiger partial charge in [-0.05, 0) is 29.8 Å². The normalized spacial score (nSPS) is 12.8. The number of halogens is 1. The van der Waals surface area contributed by atoms with Crippen molar-refractivity contribution in [3.63, 3.8) is 0 Å². The molecule has 1 atom stereocenters. The number of nitrogen functional groups attached to an aromatic ring is 1. The van der Waals surface area contributed by atoms with Gasteiger partial charge in [-0.15, -0.1) is 11.3 Å². The molecule has 2 aromatic heterocycles. The Bertz CT molecular complexity index is 970. The summed E-state index contributed by atoms with van der Waals surface area (Å²) in [5.74, 6) is 0.291. The van der Waals surface area contributed by atoms with Crippen molar-refractivity contribution in [2.45, 2.75) is 6.10 Å². The van der Waals surface area contributed by atoms with Gasteiger partial charge in [0, 0.05) is 16.8 Å². The molecule has 6 N–H and O–H groups in total. The highest BCUT2D eigenvalue weighted by molar-refractivity contribution is 7.17. The molecule has 7 nitrogen and oxygen atoms in total. The van der Waals surface area contributed by atoms with Crippen molar-refractivity contribution >= 4 is 41.1 Å². The molecule has 1 aromatic carbocycles. The molecule has 1 unspecified atom stereocenters. The number of nitrogens with one attached hydrogen (secondary N) is 1. The number of anilines is 1. The molecule has 9 heteroatoms. The van der Waals surface area contributed by atoms with Crippen molar-refractivity contribution in [1.82, 2.24) is 9.97 Å². The summed E-state index contributed by atoms with van der Waals surface area (Å²) in [4.78, 5) is 13.2. The summed E-state index contributed by atoms with van der Waals surface area (Å²) in [6.45, 7) is 0. The number of aliphatic imine (C=N–C) groups is 1. The molecule has 3 aromatic rings. The fourth-order valence-electron chi connectivity index (χ4n) is 2.40. The van der Waals surface area contributed by atoms with Crippen molar-refractivity contribution in [3.8, 4) is 10.6 Å². The van der Waals surface area contributed by atoms with E-state index in [1.54, 1.807) is 42.6 Å². The summed E-state index contributed by atoms with van der Waals surface area (Å²) < 4.78 is 0. The second kappa shape index (κ2) is 7.61. The SMILES string of the molecule is N=CN=C(N)c1sc(-c2ccnc(N)n2)cc1C(O)c1ccc(Cl)cc1. The van der Waals surface area contributed by atoms with Gasteiger partial charge in [0.1, 0.15) is 18.3 Å². The van der Waals surface area contributed by atoms with E-state index in [4.69, 9.17) is 28.5 Å². The summed E-state index contributed by atoms with van der Waals surface area (Å²) in [6, 6.07) is 10.4. The lowest BCUT2D eigenvalue weighted by Crippen LogP contribution is -2.15. The number of aliphatic hydroxyl groups is 1. The topological polar surface area (TPSA) is 134 Å². The van der Waals surface area contributed by atoms with Crippen LogP contribution in [-0.4, -0.2) is 27.2 Å². The Balaban J connectivity index is 2.11. The third-order valence-corrected chi connectivity index (χ3v) is 5.05. The lowest BCUT2D eigenvalue weighted by atomic mass is 10.0. The molecule has 0 aliphatic heterocycles. The monoisotopic (exact) mass is 386 g/mol. The van der Waals surface area contributed by atoms with Crippen LogP contribution in [-0.2, 0) is 0 Å². The van der Waals surface area contributed by atoms with E-state index < -0.39 is 6.10 Å². The maximum atomic E-state index is 10.8. The number of hydrogen-bond donors (Lipinski definition) is 4. The van der Waals surface area contributed by atoms with E-state index >= 15 is 0 Å². The zero-order valence-electron chi connectivity index (χ0n) is 13.4. The number of rotatable bonds is 5. The molecule has 0 aliphatic rings. The first-order valence-electron chi connectivity index (χ1n) is 7.48. The highest BCUT2D eigenvalue weighted by Gasteiger charge is 2.21. The summed E-state index contributed by atoms with van der Waals surface area (Å²) in [5.41, 5.74) is 13.5. The Morgan fingerprint density at radius 2 is 2.04 bits per heavy atom. The van der Waals surface area contributed by atoms with Gasteiger partial charge in [0.2, 0.25) is 5.95 Å². The third kappa shape index (κ3) is 3.72. The maximum absolute atomic E-state index is 10.8. The number of amidine groups is 1. The minimum atomic E-state index is -0.939. The van der Waals surface area contributed by atoms with E-state index in [2.05, 4.69) is 15.0 Å². The summed E-state index contributed by atoms with van der Waals surface area (Å²) in [6.07, 6.45) is 1.47. The van der Waals surface area contributed by atoms with Gasteiger partial charge in [-0.1, -0.05) is 23.7 Å². The zero-order chi connectivity index (χ0) is 18.7. The first kappa shape index (κ1) is 18.0. The van der Waals surface area contributed by atoms with Crippen LogP contribution in [0.4, 0.5) is 5.95 Å². The predicted octanol–water partition coefficient (Wildman–Crippen LogP) is 2.83. The van der Waals surface area contributed by atoms with Crippen LogP contribution in [0.15, 0.2) is 47.6 Å². The van der Waals surface area contributed by atoms with E-state index in [-0.39, 0.29) is 11.8 Å². The lowest BCUT2D eigenvalue weighted by Gasteiger charge is -2.12. The lowest BCUT2D eigenvalue weighted by molar-refractivity contribution is 0.220. The number of nitrogens with two attached hydrogens (primary N) is 2. The standard InChI is InChI=1S/C17H15ClN6OS/c18-10-3-1-9(2-4-10)14(25)11-7-13(12-5-6-22-17(21)24-12)26-15(11)16(20)23-8-19/h1-8,14,25H,(H3,19,20,23)(H2,21,22,24). The molecule has 0 bridgehead atoms. The minimum absolute atomic E-state index is 0.140. The fourth-order valence-corrected chi connectivity index (χ4v) is 3.59. The van der Waals surface area contributed by atoms with Crippen LogP contribution < -0.4 is 11.5 Å². The van der Waals surface area contributed by atoms with Gasteiger partial charge in [-0.2, -0.15) is 0 Å². The maximum Gasteiger partial charge on any atom is 0.220 e. The molecule has 0 saturated carbocycles. The molecule has 3 rings (SSSR count). The van der Waals surface area contributed by atoms with Gasteiger partial charge in [0.25, 0.3) is 0 Å². The van der Waals surface area contributed by atoms with E-state index in [1.807, 2.05) is 0 Å². The summed E-state index contributed by atoms with van der Waals surface area (Å²) >= 11 is 7.22. The van der Waals surface area contributed by atoms with Gasteiger partial charge in [-0.3, -0.25) is 5.41 Å². The zero-order valence-corrected chi connectivity index (χ0v) is 15.0. The number of hydrogen-bond acceptors (Lipinski definition) is 6. The summed E-state index contributed by atoms with van der Waals surface area (Å²) in [5, 5.41) is 18.6. The van der Waals surface area contributed by atoms with Crippen LogP contribution >= 0.6 is 22.9 Å². The molecule has 132 valence electrons. The van der Waals surface area contributed by atoms with E-state index in [0.717, 1.165) is 11.2 Å². The van der Waals surface area contributed by atoms with Crippen molar-refractivity contribution in [2.75, 3.05) is 5.73 Å². The van der Waals surface area contributed by atoms with Gasteiger partial charge < -0.3 is 16.6 Å². The Morgan fingerprint density at radius 3 is 2.69 bits per heavy atom. The fraction of sp³-hybridized carbons (Fsp3) is 0.0588. The minimum Gasteiger partial charge on any atom is -0.384 e. The number of nitrogens with zero attached hydrogens (tertiary/aromatic N) is 3. The molecule has 0 amide bonds. The molecular formula is C17H15ClN6OS. The summed E-state index contributed by atoms with van der Waals surface area (Å²) in [7, 11) is 0. The third-order valence-electron chi connectivity index (χ3n) is 3.60. The Hall–Kier alpha value is -2.81. The molecular weight excluding hydrogens is 372 g/mol. The highest BCUT2D eigenvalue weighted by Crippen LogP contribution is 2.36. The van der Waals surface area contributed by atoms with Crippen LogP contribution in [0.25, 0.3) is 10.6 Å². The molecule has 26 heavy (non-hydrogen) atoms. The van der Waals surface area contributed by atoms with E-state index in [0.29, 0.717) is 26.7 Å². The number of thiophene rings is 1. The second-order valence-electron chi connectivity index (χ2n) is 5.29. The van der Waals surface area contributed by atoms with E-state index in [9.17, 15) is 5.11 Å². The van der Waals surface area contributed by atoms with Gasteiger partial charge in [-0.25, -0.2) is 15.0 Å². The first-order chi connectivity index (χ1) is 12.5.